The van der Waals surface area contributed by atoms with E-state index >= 15 is 0 Å². The number of amides is 1. The quantitative estimate of drug-likeness (QED) is 0.385. The van der Waals surface area contributed by atoms with Crippen molar-refractivity contribution in [2.24, 2.45) is 0 Å². The fourth-order valence-electron chi connectivity index (χ4n) is 4.22. The van der Waals surface area contributed by atoms with E-state index in [0.717, 1.165) is 60.6 Å². The van der Waals surface area contributed by atoms with E-state index in [0.29, 0.717) is 18.6 Å². The first-order chi connectivity index (χ1) is 16.8. The average molecular weight is 515 g/mol. The Labute approximate surface area is 212 Å². The standard InChI is InChI=1S/C26H34N4O3S2/c1-4-5-17-30-24-14-13-22(35(32,33)29-15-7-6-8-16-29)18-23(24)28-26(30)34-20(3)25(31)27-21-11-9-19(2)10-12-21/h9-14,18,20H,4-8,15-17H2,1-3H3,(H,27,31). The third-order valence-corrected chi connectivity index (χ3v) is 9.33. The highest BCUT2D eigenvalue weighted by atomic mass is 32.2. The van der Waals surface area contributed by atoms with Crippen LogP contribution in [0.25, 0.3) is 11.0 Å². The second-order valence-electron chi connectivity index (χ2n) is 9.13. The Morgan fingerprint density at radius 1 is 1.11 bits per heavy atom. The number of carbonyl (C=O) groups excluding carboxylic acids is 1. The molecular formula is C26H34N4O3S2. The van der Waals surface area contributed by atoms with Gasteiger partial charge in [-0.25, -0.2) is 13.4 Å². The van der Waals surface area contributed by atoms with Crippen LogP contribution in [-0.2, 0) is 21.4 Å². The van der Waals surface area contributed by atoms with Crippen molar-refractivity contribution < 1.29 is 13.2 Å². The number of piperidine rings is 1. The zero-order valence-electron chi connectivity index (χ0n) is 20.7. The van der Waals surface area contributed by atoms with Gasteiger partial charge >= 0.3 is 0 Å². The van der Waals surface area contributed by atoms with E-state index in [4.69, 9.17) is 4.98 Å². The minimum absolute atomic E-state index is 0.0960. The number of carbonyl (C=O) groups is 1. The molecule has 1 aliphatic rings. The Hall–Kier alpha value is -2.36. The van der Waals surface area contributed by atoms with Crippen LogP contribution in [0.3, 0.4) is 0 Å². The molecule has 1 aliphatic heterocycles. The summed E-state index contributed by atoms with van der Waals surface area (Å²) in [7, 11) is -3.54. The van der Waals surface area contributed by atoms with E-state index < -0.39 is 10.0 Å². The number of anilines is 1. The fourth-order valence-corrected chi connectivity index (χ4v) is 6.70. The number of nitrogens with zero attached hydrogens (tertiary/aromatic N) is 3. The Kier molecular flexibility index (Phi) is 8.19. The number of hydrogen-bond acceptors (Lipinski definition) is 5. The first kappa shape index (κ1) is 25.7. The topological polar surface area (TPSA) is 84.3 Å². The minimum atomic E-state index is -3.54. The summed E-state index contributed by atoms with van der Waals surface area (Å²) < 4.78 is 30.1. The lowest BCUT2D eigenvalue weighted by molar-refractivity contribution is -0.115. The van der Waals surface area contributed by atoms with Crippen LogP contribution in [0.2, 0.25) is 0 Å². The van der Waals surface area contributed by atoms with Crippen LogP contribution >= 0.6 is 11.8 Å². The Morgan fingerprint density at radius 2 is 1.83 bits per heavy atom. The first-order valence-electron chi connectivity index (χ1n) is 12.3. The summed E-state index contributed by atoms with van der Waals surface area (Å²) in [6.45, 7) is 7.91. The van der Waals surface area contributed by atoms with Crippen molar-refractivity contribution in [1.82, 2.24) is 13.9 Å². The zero-order valence-corrected chi connectivity index (χ0v) is 22.3. The minimum Gasteiger partial charge on any atom is -0.325 e. The molecule has 1 amide bonds. The van der Waals surface area contributed by atoms with Gasteiger partial charge in [-0.05, 0) is 63.4 Å². The molecule has 4 rings (SSSR count). The van der Waals surface area contributed by atoms with Gasteiger partial charge in [0.15, 0.2) is 5.16 Å². The second kappa shape index (κ2) is 11.1. The van der Waals surface area contributed by atoms with Gasteiger partial charge in [0.05, 0.1) is 21.2 Å². The normalized spacial score (nSPS) is 15.9. The van der Waals surface area contributed by atoms with Crippen molar-refractivity contribution in [2.45, 2.75) is 74.7 Å². The number of aromatic nitrogens is 2. The van der Waals surface area contributed by atoms with Crippen LogP contribution < -0.4 is 5.32 Å². The van der Waals surface area contributed by atoms with Crippen molar-refractivity contribution in [3.8, 4) is 0 Å². The number of benzene rings is 2. The maximum absolute atomic E-state index is 13.2. The monoisotopic (exact) mass is 514 g/mol. The average Bonchev–Trinajstić information content (AvgIpc) is 3.20. The zero-order chi connectivity index (χ0) is 25.0. The molecule has 188 valence electrons. The number of nitrogens with one attached hydrogen (secondary N) is 1. The highest BCUT2D eigenvalue weighted by molar-refractivity contribution is 8.00. The Morgan fingerprint density at radius 3 is 2.51 bits per heavy atom. The molecule has 2 aromatic carbocycles. The van der Waals surface area contributed by atoms with Crippen LogP contribution in [0, 0.1) is 6.92 Å². The predicted molar refractivity (Wildman–Crippen MR) is 142 cm³/mol. The van der Waals surface area contributed by atoms with E-state index in [1.54, 1.807) is 16.4 Å². The van der Waals surface area contributed by atoms with Gasteiger partial charge in [-0.15, -0.1) is 0 Å². The summed E-state index contributed by atoms with van der Waals surface area (Å²) in [5, 5.41) is 3.33. The third kappa shape index (κ3) is 5.90. The molecule has 1 aromatic heterocycles. The van der Waals surface area contributed by atoms with E-state index in [1.807, 2.05) is 44.2 Å². The molecule has 2 heterocycles. The van der Waals surface area contributed by atoms with Crippen molar-refractivity contribution in [1.29, 1.82) is 0 Å². The van der Waals surface area contributed by atoms with Crippen LogP contribution in [-0.4, -0.2) is 46.5 Å². The summed E-state index contributed by atoms with van der Waals surface area (Å²) in [6.07, 6.45) is 4.86. The van der Waals surface area contributed by atoms with Crippen LogP contribution in [0.5, 0.6) is 0 Å². The summed E-state index contributed by atoms with van der Waals surface area (Å²) in [5.41, 5.74) is 3.44. The lowest BCUT2D eigenvalue weighted by atomic mass is 10.2. The molecule has 0 radical (unpaired) electrons. The number of hydrogen-bond donors (Lipinski definition) is 1. The second-order valence-corrected chi connectivity index (χ2v) is 12.4. The van der Waals surface area contributed by atoms with Gasteiger partial charge in [-0.3, -0.25) is 4.79 Å². The number of fused-ring (bicyclic) bond motifs is 1. The number of aryl methyl sites for hydroxylation is 2. The van der Waals surface area contributed by atoms with E-state index in [1.165, 1.54) is 11.8 Å². The summed E-state index contributed by atoms with van der Waals surface area (Å²) in [6, 6.07) is 13.0. The summed E-state index contributed by atoms with van der Waals surface area (Å²) in [4.78, 5) is 17.9. The van der Waals surface area contributed by atoms with Gasteiger partial charge in [0.2, 0.25) is 15.9 Å². The molecule has 7 nitrogen and oxygen atoms in total. The SMILES string of the molecule is CCCCn1c(SC(C)C(=O)Nc2ccc(C)cc2)nc2cc(S(=O)(=O)N3CCCCC3)ccc21. The van der Waals surface area contributed by atoms with Gasteiger partial charge in [0, 0.05) is 25.3 Å². The first-order valence-corrected chi connectivity index (χ1v) is 14.7. The highest BCUT2D eigenvalue weighted by Gasteiger charge is 2.27. The maximum atomic E-state index is 13.2. The van der Waals surface area contributed by atoms with Crippen molar-refractivity contribution >= 4 is 44.4 Å². The molecule has 0 spiro atoms. The van der Waals surface area contributed by atoms with E-state index in [2.05, 4.69) is 16.8 Å². The number of imidazole rings is 1. The molecule has 1 saturated heterocycles. The maximum Gasteiger partial charge on any atom is 0.243 e. The Bertz CT molecular complexity index is 1280. The lowest BCUT2D eigenvalue weighted by Crippen LogP contribution is -2.35. The molecule has 35 heavy (non-hydrogen) atoms. The molecule has 0 aliphatic carbocycles. The van der Waals surface area contributed by atoms with Crippen LogP contribution in [0.1, 0.15) is 51.5 Å². The predicted octanol–water partition coefficient (Wildman–Crippen LogP) is 5.44. The van der Waals surface area contributed by atoms with Crippen molar-refractivity contribution in [2.75, 3.05) is 18.4 Å². The number of rotatable bonds is 9. The smallest absolute Gasteiger partial charge is 0.243 e. The van der Waals surface area contributed by atoms with E-state index in [9.17, 15) is 13.2 Å². The van der Waals surface area contributed by atoms with Crippen molar-refractivity contribution in [3.05, 3.63) is 48.0 Å². The molecule has 3 aromatic rings. The van der Waals surface area contributed by atoms with Gasteiger partial charge < -0.3 is 9.88 Å². The van der Waals surface area contributed by atoms with Gasteiger partial charge in [-0.1, -0.05) is 49.2 Å². The summed E-state index contributed by atoms with van der Waals surface area (Å²) >= 11 is 1.40. The molecule has 1 unspecified atom stereocenters. The Balaban J connectivity index is 1.59. The van der Waals surface area contributed by atoms with Crippen molar-refractivity contribution in [3.63, 3.8) is 0 Å². The molecule has 0 bridgehead atoms. The number of unbranched alkanes of at least 4 members (excludes halogenated alkanes) is 1. The molecule has 1 N–H and O–H groups in total. The summed E-state index contributed by atoms with van der Waals surface area (Å²) in [5.74, 6) is -0.0960. The van der Waals surface area contributed by atoms with Crippen LogP contribution in [0.4, 0.5) is 5.69 Å². The molecule has 0 saturated carbocycles. The van der Waals surface area contributed by atoms with Gasteiger partial charge in [0.25, 0.3) is 0 Å². The highest BCUT2D eigenvalue weighted by Crippen LogP contribution is 2.31. The fraction of sp³-hybridized carbons (Fsp3) is 0.462. The largest absolute Gasteiger partial charge is 0.325 e. The number of thioether (sulfide) groups is 1. The number of sulfonamides is 1. The molecule has 9 heteroatoms. The van der Waals surface area contributed by atoms with Crippen LogP contribution in [0.15, 0.2) is 52.5 Å². The molecule has 1 atom stereocenters. The molecular weight excluding hydrogens is 480 g/mol. The molecule has 1 fully saturated rings. The van der Waals surface area contributed by atoms with Gasteiger partial charge in [0.1, 0.15) is 0 Å². The van der Waals surface area contributed by atoms with Gasteiger partial charge in [-0.2, -0.15) is 4.31 Å². The lowest BCUT2D eigenvalue weighted by Gasteiger charge is -2.25. The van der Waals surface area contributed by atoms with E-state index in [-0.39, 0.29) is 16.1 Å². The third-order valence-electron chi connectivity index (χ3n) is 6.34.